The molecule has 0 aliphatic rings. The number of carbonyl (C=O) groups excluding carboxylic acids is 1. The minimum Gasteiger partial charge on any atom is -0.480 e. The van der Waals surface area contributed by atoms with Crippen LogP contribution in [0.5, 0.6) is 0 Å². The van der Waals surface area contributed by atoms with Crippen LogP contribution < -0.4 is 5.32 Å². The maximum atomic E-state index is 11.3. The second-order valence-electron chi connectivity index (χ2n) is 4.70. The number of allylic oxidation sites excluding steroid dienone is 3. The number of nitrogens with one attached hydrogen (secondary N) is 1. The Morgan fingerprint density at radius 1 is 1.30 bits per heavy atom. The Morgan fingerprint density at radius 2 is 1.90 bits per heavy atom. The van der Waals surface area contributed by atoms with E-state index in [-0.39, 0.29) is 0 Å². The van der Waals surface area contributed by atoms with Gasteiger partial charge in [0.05, 0.1) is 0 Å². The number of hydrogen-bond donors (Lipinski definition) is 4. The number of rotatable bonds is 8. The van der Waals surface area contributed by atoms with Crippen LogP contribution in [-0.2, 0) is 9.59 Å². The molecular weight excluding hydrogens is 262 g/mol. The number of hydrogen-bond acceptors (Lipinski definition) is 4. The van der Waals surface area contributed by atoms with Gasteiger partial charge in [-0.3, -0.25) is 9.59 Å². The monoisotopic (exact) mass is 285 g/mol. The third kappa shape index (κ3) is 7.70. The van der Waals surface area contributed by atoms with Gasteiger partial charge in [-0.1, -0.05) is 44.1 Å². The molecule has 4 N–H and O–H groups in total. The van der Waals surface area contributed by atoms with E-state index in [4.69, 9.17) is 5.11 Å². The van der Waals surface area contributed by atoms with Gasteiger partial charge in [0.15, 0.2) is 6.10 Å². The van der Waals surface area contributed by atoms with E-state index in [2.05, 4.69) is 13.8 Å². The van der Waals surface area contributed by atoms with Gasteiger partial charge in [0.2, 0.25) is 0 Å². The molecule has 0 bridgehead atoms. The normalized spacial score (nSPS) is 16.8. The molecule has 0 saturated heterocycles. The molecule has 0 aromatic rings. The molecule has 114 valence electrons. The van der Waals surface area contributed by atoms with Crippen LogP contribution in [0.3, 0.4) is 0 Å². The molecule has 0 spiro atoms. The molecule has 3 atom stereocenters. The van der Waals surface area contributed by atoms with Crippen LogP contribution in [-0.4, -0.2) is 45.9 Å². The Morgan fingerprint density at radius 3 is 2.40 bits per heavy atom. The van der Waals surface area contributed by atoms with E-state index in [1.807, 2.05) is 18.3 Å². The zero-order valence-corrected chi connectivity index (χ0v) is 12.0. The standard InChI is InChI=1S/C14H23NO5/c1-4-9(2)7-10(3)5-6-11(16)13(19)14(20)15-8-12(17)18/h5-7,9,11,13,16,19H,4,8H2,1-3H3,(H,15,20)(H,17,18)/b6-5-,10-7+/t9-,11+,13-/m0/s1. The van der Waals surface area contributed by atoms with Gasteiger partial charge in [0, 0.05) is 0 Å². The molecule has 0 aromatic heterocycles. The summed E-state index contributed by atoms with van der Waals surface area (Å²) >= 11 is 0. The molecule has 0 saturated carbocycles. The number of carboxylic acids is 1. The molecule has 0 aliphatic carbocycles. The highest BCUT2D eigenvalue weighted by Gasteiger charge is 2.22. The highest BCUT2D eigenvalue weighted by Crippen LogP contribution is 2.08. The second kappa shape index (κ2) is 9.28. The van der Waals surface area contributed by atoms with Gasteiger partial charge in [-0.25, -0.2) is 0 Å². The Labute approximate surface area is 118 Å². The molecule has 1 amide bonds. The summed E-state index contributed by atoms with van der Waals surface area (Å²) in [6, 6.07) is 0. The third-order valence-electron chi connectivity index (χ3n) is 2.75. The summed E-state index contributed by atoms with van der Waals surface area (Å²) in [5.74, 6) is -1.74. The first-order valence-electron chi connectivity index (χ1n) is 6.50. The van der Waals surface area contributed by atoms with Crippen LogP contribution >= 0.6 is 0 Å². The first-order chi connectivity index (χ1) is 9.27. The lowest BCUT2D eigenvalue weighted by atomic mass is 10.0. The highest BCUT2D eigenvalue weighted by molar-refractivity contribution is 5.84. The molecule has 0 aliphatic heterocycles. The predicted octanol–water partition coefficient (Wildman–Crippen LogP) is 0.458. The fraction of sp³-hybridized carbons (Fsp3) is 0.571. The molecule has 0 unspecified atom stereocenters. The van der Waals surface area contributed by atoms with Crippen LogP contribution in [0.25, 0.3) is 0 Å². The van der Waals surface area contributed by atoms with Crippen molar-refractivity contribution in [1.82, 2.24) is 5.32 Å². The summed E-state index contributed by atoms with van der Waals surface area (Å²) in [6.45, 7) is 5.37. The zero-order chi connectivity index (χ0) is 15.7. The quantitative estimate of drug-likeness (QED) is 0.485. The average molecular weight is 285 g/mol. The third-order valence-corrected chi connectivity index (χ3v) is 2.75. The average Bonchev–Trinajstić information content (AvgIpc) is 2.40. The van der Waals surface area contributed by atoms with Crippen LogP contribution in [0.1, 0.15) is 27.2 Å². The molecule has 6 heteroatoms. The van der Waals surface area contributed by atoms with Crippen molar-refractivity contribution in [2.45, 2.75) is 39.4 Å². The van der Waals surface area contributed by atoms with E-state index in [1.165, 1.54) is 6.08 Å². The van der Waals surface area contributed by atoms with Crippen molar-refractivity contribution in [1.29, 1.82) is 0 Å². The van der Waals surface area contributed by atoms with Crippen molar-refractivity contribution >= 4 is 11.9 Å². The van der Waals surface area contributed by atoms with Crippen molar-refractivity contribution in [2.75, 3.05) is 6.54 Å². The number of amides is 1. The molecule has 0 radical (unpaired) electrons. The van der Waals surface area contributed by atoms with E-state index in [0.29, 0.717) is 5.92 Å². The van der Waals surface area contributed by atoms with Crippen LogP contribution in [0, 0.1) is 5.92 Å². The maximum absolute atomic E-state index is 11.3. The van der Waals surface area contributed by atoms with Crippen molar-refractivity contribution in [3.63, 3.8) is 0 Å². The van der Waals surface area contributed by atoms with Crippen LogP contribution in [0.4, 0.5) is 0 Å². The van der Waals surface area contributed by atoms with E-state index in [1.54, 1.807) is 6.08 Å². The van der Waals surface area contributed by atoms with E-state index >= 15 is 0 Å². The van der Waals surface area contributed by atoms with Crippen molar-refractivity contribution in [3.8, 4) is 0 Å². The van der Waals surface area contributed by atoms with Gasteiger partial charge in [0.1, 0.15) is 12.6 Å². The lowest BCUT2D eigenvalue weighted by molar-refractivity contribution is -0.141. The summed E-state index contributed by atoms with van der Waals surface area (Å²) in [6.07, 6.45) is 2.85. The summed E-state index contributed by atoms with van der Waals surface area (Å²) in [5.41, 5.74) is 0.913. The molecule has 0 aromatic carbocycles. The maximum Gasteiger partial charge on any atom is 0.322 e. The fourth-order valence-electron chi connectivity index (χ4n) is 1.40. The number of aliphatic hydroxyl groups excluding tert-OH is 2. The number of carboxylic acid groups (broad SMARTS) is 1. The molecule has 6 nitrogen and oxygen atoms in total. The first kappa shape index (κ1) is 18.3. The SMILES string of the molecule is CC[C@H](C)/C=C(C)/C=C\[C@@H](O)[C@H](O)C(=O)NCC(=O)O. The number of carbonyl (C=O) groups is 2. The van der Waals surface area contributed by atoms with Crippen molar-refractivity contribution < 1.29 is 24.9 Å². The summed E-state index contributed by atoms with van der Waals surface area (Å²) in [5, 5.41) is 29.5. The number of aliphatic carboxylic acids is 1. The van der Waals surface area contributed by atoms with Crippen LogP contribution in [0.15, 0.2) is 23.8 Å². The number of aliphatic hydroxyl groups is 2. The second-order valence-corrected chi connectivity index (χ2v) is 4.70. The lowest BCUT2D eigenvalue weighted by Crippen LogP contribution is -2.43. The van der Waals surface area contributed by atoms with E-state index < -0.39 is 30.6 Å². The topological polar surface area (TPSA) is 107 Å². The fourth-order valence-corrected chi connectivity index (χ4v) is 1.40. The van der Waals surface area contributed by atoms with Gasteiger partial charge in [-0.15, -0.1) is 0 Å². The highest BCUT2D eigenvalue weighted by atomic mass is 16.4. The van der Waals surface area contributed by atoms with E-state index in [0.717, 1.165) is 12.0 Å². The summed E-state index contributed by atoms with van der Waals surface area (Å²) < 4.78 is 0. The minimum absolute atomic E-state index is 0.403. The summed E-state index contributed by atoms with van der Waals surface area (Å²) in [4.78, 5) is 21.6. The molecule has 20 heavy (non-hydrogen) atoms. The molecule has 0 rings (SSSR count). The Balaban J connectivity index is 4.44. The first-order valence-corrected chi connectivity index (χ1v) is 6.50. The largest absolute Gasteiger partial charge is 0.480 e. The predicted molar refractivity (Wildman–Crippen MR) is 75.0 cm³/mol. The Hall–Kier alpha value is -1.66. The van der Waals surface area contributed by atoms with E-state index in [9.17, 15) is 19.8 Å². The minimum atomic E-state index is -1.69. The molecule has 0 heterocycles. The van der Waals surface area contributed by atoms with Gasteiger partial charge in [-0.05, 0) is 12.8 Å². The summed E-state index contributed by atoms with van der Waals surface area (Å²) in [7, 11) is 0. The molecule has 0 fully saturated rings. The Kier molecular flexibility index (Phi) is 8.51. The van der Waals surface area contributed by atoms with Crippen molar-refractivity contribution in [2.24, 2.45) is 5.92 Å². The van der Waals surface area contributed by atoms with Gasteiger partial charge < -0.3 is 20.6 Å². The van der Waals surface area contributed by atoms with Gasteiger partial charge >= 0.3 is 5.97 Å². The Bertz CT molecular complexity index is 389. The van der Waals surface area contributed by atoms with Crippen LogP contribution in [0.2, 0.25) is 0 Å². The smallest absolute Gasteiger partial charge is 0.322 e. The zero-order valence-electron chi connectivity index (χ0n) is 12.0. The lowest BCUT2D eigenvalue weighted by Gasteiger charge is -2.13. The van der Waals surface area contributed by atoms with Crippen molar-refractivity contribution in [3.05, 3.63) is 23.8 Å². The van der Waals surface area contributed by atoms with Gasteiger partial charge in [0.25, 0.3) is 5.91 Å². The molecular formula is C14H23NO5. The van der Waals surface area contributed by atoms with Gasteiger partial charge in [-0.2, -0.15) is 0 Å².